The summed E-state index contributed by atoms with van der Waals surface area (Å²) in [4.78, 5) is 23.5. The fourth-order valence-electron chi connectivity index (χ4n) is 1.48. The zero-order valence-electron chi connectivity index (χ0n) is 11.4. The number of carbonyl (C=O) groups excluding carboxylic acids is 1. The van der Waals surface area contributed by atoms with Crippen LogP contribution in [0.2, 0.25) is 0 Å². The van der Waals surface area contributed by atoms with Crippen LogP contribution in [0, 0.1) is 10.1 Å². The zero-order valence-corrected chi connectivity index (χ0v) is 11.4. The number of nitro groups is 1. The quantitative estimate of drug-likeness (QED) is 0.465. The number of hydrogen-bond acceptors (Lipinski definition) is 3. The van der Waals surface area contributed by atoms with Crippen LogP contribution in [-0.4, -0.2) is 28.8 Å². The molecule has 0 aliphatic heterocycles. The topological polar surface area (TPSA) is 63.5 Å². The molecule has 0 aromatic heterocycles. The molecule has 0 saturated carbocycles. The first kappa shape index (κ1) is 14.9. The van der Waals surface area contributed by atoms with Gasteiger partial charge in [0.25, 0.3) is 5.69 Å². The standard InChI is InChI=1S/C14H18N2O3/c1-4-11(2)15(3)14(17)10-7-12-5-8-13(9-6-12)16(18)19/h5-11H,4H2,1-3H3/b10-7+. The van der Waals surface area contributed by atoms with E-state index in [-0.39, 0.29) is 17.6 Å². The van der Waals surface area contributed by atoms with Crippen molar-refractivity contribution in [3.8, 4) is 0 Å². The summed E-state index contributed by atoms with van der Waals surface area (Å²) in [6.45, 7) is 4.01. The Morgan fingerprint density at radius 1 is 1.42 bits per heavy atom. The van der Waals surface area contributed by atoms with Gasteiger partial charge in [-0.3, -0.25) is 14.9 Å². The molecule has 5 heteroatoms. The number of non-ortho nitro benzene ring substituents is 1. The van der Waals surface area contributed by atoms with Gasteiger partial charge < -0.3 is 4.90 Å². The molecule has 0 aliphatic carbocycles. The van der Waals surface area contributed by atoms with Crippen molar-refractivity contribution >= 4 is 17.7 Å². The SMILES string of the molecule is CCC(C)N(C)C(=O)/C=C/c1ccc([N+](=O)[O-])cc1. The van der Waals surface area contributed by atoms with Gasteiger partial charge in [-0.1, -0.05) is 6.92 Å². The maximum absolute atomic E-state index is 11.8. The van der Waals surface area contributed by atoms with Gasteiger partial charge in [0.2, 0.25) is 5.91 Å². The van der Waals surface area contributed by atoms with E-state index in [4.69, 9.17) is 0 Å². The Kier molecular flexibility index (Phi) is 5.23. The van der Waals surface area contributed by atoms with Gasteiger partial charge >= 0.3 is 0 Å². The highest BCUT2D eigenvalue weighted by atomic mass is 16.6. The molecular formula is C14H18N2O3. The molecule has 19 heavy (non-hydrogen) atoms. The van der Waals surface area contributed by atoms with Gasteiger partial charge in [0.15, 0.2) is 0 Å². The summed E-state index contributed by atoms with van der Waals surface area (Å²) >= 11 is 0. The van der Waals surface area contributed by atoms with Crippen LogP contribution in [0.25, 0.3) is 6.08 Å². The van der Waals surface area contributed by atoms with Gasteiger partial charge in [0.05, 0.1) is 4.92 Å². The molecule has 5 nitrogen and oxygen atoms in total. The summed E-state index contributed by atoms with van der Waals surface area (Å²) in [6.07, 6.45) is 4.03. The number of hydrogen-bond donors (Lipinski definition) is 0. The molecule has 1 amide bonds. The molecule has 0 saturated heterocycles. The smallest absolute Gasteiger partial charge is 0.269 e. The van der Waals surface area contributed by atoms with Crippen LogP contribution >= 0.6 is 0 Å². The predicted octanol–water partition coefficient (Wildman–Crippen LogP) is 2.86. The summed E-state index contributed by atoms with van der Waals surface area (Å²) in [6, 6.07) is 6.26. The molecule has 1 aromatic rings. The summed E-state index contributed by atoms with van der Waals surface area (Å²) in [5.74, 6) is -0.0762. The summed E-state index contributed by atoms with van der Waals surface area (Å²) in [7, 11) is 1.76. The predicted molar refractivity (Wildman–Crippen MR) is 74.7 cm³/mol. The summed E-state index contributed by atoms with van der Waals surface area (Å²) in [5, 5.41) is 10.5. The minimum atomic E-state index is -0.449. The normalized spacial score (nSPS) is 12.4. The van der Waals surface area contributed by atoms with E-state index in [0.29, 0.717) is 0 Å². The molecule has 1 rings (SSSR count). The first-order valence-corrected chi connectivity index (χ1v) is 6.15. The lowest BCUT2D eigenvalue weighted by Gasteiger charge is -2.22. The Morgan fingerprint density at radius 2 is 2.00 bits per heavy atom. The highest BCUT2D eigenvalue weighted by Gasteiger charge is 2.10. The van der Waals surface area contributed by atoms with Crippen LogP contribution in [0.5, 0.6) is 0 Å². The van der Waals surface area contributed by atoms with Crippen molar-refractivity contribution in [3.05, 3.63) is 46.0 Å². The Labute approximate surface area is 112 Å². The molecule has 0 heterocycles. The van der Waals surface area contributed by atoms with Crippen molar-refractivity contribution in [3.63, 3.8) is 0 Å². The maximum atomic E-state index is 11.8. The third-order valence-corrected chi connectivity index (χ3v) is 3.12. The second-order valence-electron chi connectivity index (χ2n) is 4.39. The number of amides is 1. The van der Waals surface area contributed by atoms with E-state index in [0.717, 1.165) is 12.0 Å². The molecule has 102 valence electrons. The molecule has 1 atom stereocenters. The molecule has 0 bridgehead atoms. The van der Waals surface area contributed by atoms with Crippen LogP contribution in [0.4, 0.5) is 5.69 Å². The van der Waals surface area contributed by atoms with Crippen molar-refractivity contribution in [2.24, 2.45) is 0 Å². The molecule has 0 radical (unpaired) electrons. The van der Waals surface area contributed by atoms with Crippen molar-refractivity contribution < 1.29 is 9.72 Å². The Morgan fingerprint density at radius 3 is 2.47 bits per heavy atom. The highest BCUT2D eigenvalue weighted by molar-refractivity contribution is 5.91. The maximum Gasteiger partial charge on any atom is 0.269 e. The van der Waals surface area contributed by atoms with Gasteiger partial charge in [-0.2, -0.15) is 0 Å². The molecule has 0 fully saturated rings. The Balaban J connectivity index is 2.71. The third-order valence-electron chi connectivity index (χ3n) is 3.12. The van der Waals surface area contributed by atoms with Crippen molar-refractivity contribution in [1.29, 1.82) is 0 Å². The van der Waals surface area contributed by atoms with E-state index < -0.39 is 4.92 Å². The lowest BCUT2D eigenvalue weighted by molar-refractivity contribution is -0.384. The van der Waals surface area contributed by atoms with E-state index in [9.17, 15) is 14.9 Å². The molecular weight excluding hydrogens is 244 g/mol. The summed E-state index contributed by atoms with van der Waals surface area (Å²) < 4.78 is 0. The van der Waals surface area contributed by atoms with Gasteiger partial charge in [-0.15, -0.1) is 0 Å². The molecule has 1 aromatic carbocycles. The number of carbonyl (C=O) groups is 1. The van der Waals surface area contributed by atoms with Crippen molar-refractivity contribution in [1.82, 2.24) is 4.90 Å². The third kappa shape index (κ3) is 4.21. The molecule has 0 N–H and O–H groups in total. The van der Waals surface area contributed by atoms with E-state index in [2.05, 4.69) is 0 Å². The average molecular weight is 262 g/mol. The van der Waals surface area contributed by atoms with Gasteiger partial charge in [0, 0.05) is 31.3 Å². The number of rotatable bonds is 5. The van der Waals surface area contributed by atoms with Crippen molar-refractivity contribution in [2.45, 2.75) is 26.3 Å². The monoisotopic (exact) mass is 262 g/mol. The number of likely N-dealkylation sites (N-methyl/N-ethyl adjacent to an activating group) is 1. The Bertz CT molecular complexity index is 480. The minimum Gasteiger partial charge on any atom is -0.340 e. The van der Waals surface area contributed by atoms with E-state index in [1.807, 2.05) is 13.8 Å². The van der Waals surface area contributed by atoms with Crippen LogP contribution < -0.4 is 0 Å². The first-order valence-electron chi connectivity index (χ1n) is 6.15. The van der Waals surface area contributed by atoms with Crippen LogP contribution in [-0.2, 0) is 4.79 Å². The zero-order chi connectivity index (χ0) is 14.4. The number of nitro benzene ring substituents is 1. The van der Waals surface area contributed by atoms with Gasteiger partial charge in [0.1, 0.15) is 0 Å². The summed E-state index contributed by atoms with van der Waals surface area (Å²) in [5.41, 5.74) is 0.803. The van der Waals surface area contributed by atoms with E-state index in [1.54, 1.807) is 30.2 Å². The molecule has 0 spiro atoms. The Hall–Kier alpha value is -2.17. The van der Waals surface area contributed by atoms with Gasteiger partial charge in [-0.25, -0.2) is 0 Å². The highest BCUT2D eigenvalue weighted by Crippen LogP contribution is 2.13. The molecule has 0 aliphatic rings. The first-order chi connectivity index (χ1) is 8.95. The number of nitrogens with zero attached hydrogens (tertiary/aromatic N) is 2. The van der Waals surface area contributed by atoms with Crippen molar-refractivity contribution in [2.75, 3.05) is 7.05 Å². The second-order valence-corrected chi connectivity index (χ2v) is 4.39. The lowest BCUT2D eigenvalue weighted by atomic mass is 10.2. The van der Waals surface area contributed by atoms with E-state index >= 15 is 0 Å². The van der Waals surface area contributed by atoms with Crippen LogP contribution in [0.15, 0.2) is 30.3 Å². The lowest BCUT2D eigenvalue weighted by Crippen LogP contribution is -2.33. The largest absolute Gasteiger partial charge is 0.340 e. The molecule has 1 unspecified atom stereocenters. The van der Waals surface area contributed by atoms with E-state index in [1.165, 1.54) is 18.2 Å². The fraction of sp³-hybridized carbons (Fsp3) is 0.357. The minimum absolute atomic E-state index is 0.0419. The van der Waals surface area contributed by atoms with Crippen LogP contribution in [0.1, 0.15) is 25.8 Å². The second kappa shape index (κ2) is 6.68. The van der Waals surface area contributed by atoms with Crippen LogP contribution in [0.3, 0.4) is 0 Å². The van der Waals surface area contributed by atoms with Gasteiger partial charge in [-0.05, 0) is 37.1 Å². The fourth-order valence-corrected chi connectivity index (χ4v) is 1.48. The average Bonchev–Trinajstić information content (AvgIpc) is 2.43. The number of benzene rings is 1.